The Morgan fingerprint density at radius 3 is 2.69 bits per heavy atom. The highest BCUT2D eigenvalue weighted by Crippen LogP contribution is 2.26. The number of aromatic nitrogens is 2. The summed E-state index contributed by atoms with van der Waals surface area (Å²) in [5, 5.41) is 6.86. The predicted molar refractivity (Wildman–Crippen MR) is 121 cm³/mol. The van der Waals surface area contributed by atoms with Crippen LogP contribution in [0.4, 0.5) is 17.2 Å². The van der Waals surface area contributed by atoms with Gasteiger partial charge in [-0.15, -0.1) is 0 Å². The minimum atomic E-state index is -0.727. The lowest BCUT2D eigenvalue weighted by Gasteiger charge is -2.21. The zero-order valence-corrected chi connectivity index (χ0v) is 18.0. The molecular weight excluding hydrogens is 430 g/mol. The van der Waals surface area contributed by atoms with Crippen LogP contribution < -0.4 is 16.4 Å². The van der Waals surface area contributed by atoms with Crippen LogP contribution in [0, 0.1) is 17.8 Å². The van der Waals surface area contributed by atoms with Gasteiger partial charge in [-0.1, -0.05) is 41.8 Å². The second kappa shape index (κ2) is 8.60. The summed E-state index contributed by atoms with van der Waals surface area (Å²) < 4.78 is 0.959. The van der Waals surface area contributed by atoms with E-state index in [1.54, 1.807) is 6.07 Å². The highest BCUT2D eigenvalue weighted by molar-refractivity contribution is 9.10. The number of rotatable bonds is 4. The van der Waals surface area contributed by atoms with Gasteiger partial charge in [0.05, 0.1) is 11.1 Å². The van der Waals surface area contributed by atoms with Gasteiger partial charge in [-0.2, -0.15) is 0 Å². The number of carbonyl (C=O) groups is 1. The van der Waals surface area contributed by atoms with Crippen LogP contribution in [-0.4, -0.2) is 21.4 Å². The molecule has 0 aliphatic carbocycles. The Morgan fingerprint density at radius 1 is 1.17 bits per heavy atom. The van der Waals surface area contributed by atoms with E-state index in [0.717, 1.165) is 21.1 Å². The lowest BCUT2D eigenvalue weighted by Crippen LogP contribution is -2.40. The Hall–Kier alpha value is -2.95. The van der Waals surface area contributed by atoms with Crippen LogP contribution in [0.5, 0.6) is 0 Å². The van der Waals surface area contributed by atoms with Crippen molar-refractivity contribution in [2.24, 2.45) is 11.7 Å². The first-order valence-electron chi connectivity index (χ1n) is 9.15. The molecule has 0 radical (unpaired) electrons. The fourth-order valence-electron chi connectivity index (χ4n) is 2.44. The van der Waals surface area contributed by atoms with Gasteiger partial charge in [0.15, 0.2) is 0 Å². The van der Waals surface area contributed by atoms with Crippen LogP contribution in [0.25, 0.3) is 10.9 Å². The van der Waals surface area contributed by atoms with Crippen LogP contribution >= 0.6 is 15.9 Å². The van der Waals surface area contributed by atoms with Gasteiger partial charge >= 0.3 is 0 Å². The maximum atomic E-state index is 12.2. The molecule has 148 valence electrons. The van der Waals surface area contributed by atoms with Crippen LogP contribution in [0.1, 0.15) is 20.8 Å². The second-order valence-corrected chi connectivity index (χ2v) is 8.15. The van der Waals surface area contributed by atoms with Crippen molar-refractivity contribution in [3.63, 3.8) is 0 Å². The molecule has 1 unspecified atom stereocenters. The van der Waals surface area contributed by atoms with E-state index in [-0.39, 0.29) is 5.92 Å². The summed E-state index contributed by atoms with van der Waals surface area (Å²) in [6.45, 7) is 5.75. The molecule has 0 aliphatic heterocycles. The molecule has 1 aromatic heterocycles. The van der Waals surface area contributed by atoms with Gasteiger partial charge in [-0.25, -0.2) is 9.97 Å². The van der Waals surface area contributed by atoms with E-state index in [1.165, 1.54) is 6.33 Å². The average molecular weight is 452 g/mol. The molecule has 3 rings (SSSR count). The Balaban J connectivity index is 1.86. The van der Waals surface area contributed by atoms with Crippen molar-refractivity contribution in [3.8, 4) is 11.8 Å². The van der Waals surface area contributed by atoms with E-state index in [4.69, 9.17) is 5.73 Å². The fraction of sp³-hybridized carbons (Fsp3) is 0.227. The van der Waals surface area contributed by atoms with Crippen molar-refractivity contribution in [3.05, 3.63) is 53.3 Å². The number of hydrogen-bond acceptors (Lipinski definition) is 5. The number of carbonyl (C=O) groups excluding carboxylic acids is 1. The minimum absolute atomic E-state index is 0.132. The Labute approximate surface area is 178 Å². The standard InChI is InChI=1S/C22H22BrN5O/c1-14(2)22(3,24)10-9-20(29)27-17-7-8-19-18(12-17)21(26-13-25-19)28-16-6-4-5-15(23)11-16/h4-8,11-14H,24H2,1-3H3,(H,27,29)(H,25,26,28). The topological polar surface area (TPSA) is 92.9 Å². The van der Waals surface area contributed by atoms with Crippen LogP contribution in [0.3, 0.4) is 0 Å². The summed E-state index contributed by atoms with van der Waals surface area (Å²) in [5.41, 5.74) is 7.62. The first-order chi connectivity index (χ1) is 13.7. The number of halogens is 1. The normalized spacial score (nSPS) is 12.8. The van der Waals surface area contributed by atoms with Crippen molar-refractivity contribution >= 4 is 49.9 Å². The van der Waals surface area contributed by atoms with Crippen LogP contribution in [0.15, 0.2) is 53.3 Å². The van der Waals surface area contributed by atoms with Crippen LogP contribution in [0.2, 0.25) is 0 Å². The van der Waals surface area contributed by atoms with Crippen molar-refractivity contribution in [2.75, 3.05) is 10.6 Å². The van der Waals surface area contributed by atoms with Gasteiger partial charge in [0, 0.05) is 21.2 Å². The van der Waals surface area contributed by atoms with E-state index in [0.29, 0.717) is 11.5 Å². The summed E-state index contributed by atoms with van der Waals surface area (Å²) in [7, 11) is 0. The molecule has 0 fully saturated rings. The largest absolute Gasteiger partial charge is 0.340 e. The molecule has 0 bridgehead atoms. The monoisotopic (exact) mass is 451 g/mol. The highest BCUT2D eigenvalue weighted by Gasteiger charge is 2.19. The molecule has 2 aromatic carbocycles. The third kappa shape index (κ3) is 5.31. The molecule has 6 nitrogen and oxygen atoms in total. The van der Waals surface area contributed by atoms with E-state index in [9.17, 15) is 4.79 Å². The van der Waals surface area contributed by atoms with Crippen molar-refractivity contribution in [2.45, 2.75) is 26.3 Å². The quantitative estimate of drug-likeness (QED) is 0.509. The molecule has 4 N–H and O–H groups in total. The van der Waals surface area contributed by atoms with Crippen LogP contribution in [-0.2, 0) is 4.79 Å². The summed E-state index contributed by atoms with van der Waals surface area (Å²) in [6.07, 6.45) is 1.50. The van der Waals surface area contributed by atoms with Gasteiger partial charge in [0.2, 0.25) is 0 Å². The number of amides is 1. The van der Waals surface area contributed by atoms with Crippen molar-refractivity contribution in [1.29, 1.82) is 0 Å². The molecule has 7 heteroatoms. The summed E-state index contributed by atoms with van der Waals surface area (Å²) >= 11 is 3.46. The number of hydrogen-bond donors (Lipinski definition) is 3. The summed E-state index contributed by atoms with van der Waals surface area (Å²) in [5.74, 6) is 5.78. The SMILES string of the molecule is CC(C)C(C)(N)C#CC(=O)Nc1ccc2ncnc(Nc3cccc(Br)c3)c2c1. The van der Waals surface area contributed by atoms with Crippen molar-refractivity contribution in [1.82, 2.24) is 9.97 Å². The number of nitrogens with two attached hydrogens (primary N) is 1. The number of fused-ring (bicyclic) bond motifs is 1. The summed E-state index contributed by atoms with van der Waals surface area (Å²) in [6, 6.07) is 13.2. The lowest BCUT2D eigenvalue weighted by atomic mass is 9.90. The molecule has 29 heavy (non-hydrogen) atoms. The summed E-state index contributed by atoms with van der Waals surface area (Å²) in [4.78, 5) is 20.9. The van der Waals surface area contributed by atoms with Gasteiger partial charge in [-0.3, -0.25) is 4.79 Å². The highest BCUT2D eigenvalue weighted by atomic mass is 79.9. The predicted octanol–water partition coefficient (Wildman–Crippen LogP) is 4.45. The number of nitrogens with one attached hydrogen (secondary N) is 2. The molecule has 0 spiro atoms. The smallest absolute Gasteiger partial charge is 0.300 e. The molecule has 0 saturated heterocycles. The maximum Gasteiger partial charge on any atom is 0.300 e. The van der Waals surface area contributed by atoms with E-state index in [1.807, 2.05) is 57.2 Å². The molecule has 1 amide bonds. The Bertz CT molecular complexity index is 1110. The minimum Gasteiger partial charge on any atom is -0.340 e. The molecular formula is C22H22BrN5O. The van der Waals surface area contributed by atoms with Gasteiger partial charge in [-0.05, 0) is 55.2 Å². The molecule has 0 saturated carbocycles. The Morgan fingerprint density at radius 2 is 1.97 bits per heavy atom. The van der Waals surface area contributed by atoms with E-state index < -0.39 is 11.4 Å². The second-order valence-electron chi connectivity index (χ2n) is 7.23. The zero-order chi connectivity index (χ0) is 21.0. The van der Waals surface area contributed by atoms with Gasteiger partial charge < -0.3 is 16.4 Å². The number of benzene rings is 2. The molecule has 1 heterocycles. The first-order valence-corrected chi connectivity index (χ1v) is 9.94. The Kier molecular flexibility index (Phi) is 6.16. The molecule has 0 aliphatic rings. The lowest BCUT2D eigenvalue weighted by molar-refractivity contribution is -0.111. The fourth-order valence-corrected chi connectivity index (χ4v) is 2.83. The number of nitrogens with zero attached hydrogens (tertiary/aromatic N) is 2. The molecule has 1 atom stereocenters. The van der Waals surface area contributed by atoms with Gasteiger partial charge in [0.1, 0.15) is 12.1 Å². The third-order valence-corrected chi connectivity index (χ3v) is 5.12. The average Bonchev–Trinajstić information content (AvgIpc) is 2.67. The van der Waals surface area contributed by atoms with Gasteiger partial charge in [0.25, 0.3) is 5.91 Å². The molecule has 3 aromatic rings. The first kappa shape index (κ1) is 20.8. The van der Waals surface area contributed by atoms with E-state index >= 15 is 0 Å². The third-order valence-electron chi connectivity index (χ3n) is 4.63. The number of anilines is 3. The maximum absolute atomic E-state index is 12.2. The van der Waals surface area contributed by atoms with Crippen molar-refractivity contribution < 1.29 is 4.79 Å². The zero-order valence-electron chi connectivity index (χ0n) is 16.5. The van der Waals surface area contributed by atoms with E-state index in [2.05, 4.69) is 48.4 Å².